The van der Waals surface area contributed by atoms with Gasteiger partial charge in [-0.3, -0.25) is 9.48 Å². The lowest BCUT2D eigenvalue weighted by molar-refractivity contribution is -0.137. The summed E-state index contributed by atoms with van der Waals surface area (Å²) < 4.78 is 1.38. The number of hydrogen-bond donors (Lipinski definition) is 2. The predicted octanol–water partition coefficient (Wildman–Crippen LogP) is 0.662. The van der Waals surface area contributed by atoms with Crippen LogP contribution in [0, 0.1) is 13.8 Å². The molecule has 0 aliphatic rings. The Morgan fingerprint density at radius 2 is 1.88 bits per heavy atom. The lowest BCUT2D eigenvalue weighted by Gasteiger charge is -1.97. The Bertz CT molecular complexity index is 338. The maximum absolute atomic E-state index is 10.3. The number of nitrogens with zero attached hydrogens (tertiary/aromatic N) is 2. The number of aromatic nitrogens is 2. The fraction of sp³-hybridized carbons (Fsp3) is 0.444. The second-order valence-corrected chi connectivity index (χ2v) is 2.91. The van der Waals surface area contributed by atoms with Crippen LogP contribution < -0.4 is 0 Å². The van der Waals surface area contributed by atoms with Crippen molar-refractivity contribution in [2.75, 3.05) is 7.11 Å². The summed E-state index contributed by atoms with van der Waals surface area (Å²) >= 11 is 5.81. The molecule has 0 unspecified atom stereocenters. The van der Waals surface area contributed by atoms with Gasteiger partial charge in [0, 0.05) is 7.11 Å². The molecular formula is C9H15ClN2O4. The van der Waals surface area contributed by atoms with E-state index >= 15 is 0 Å². The second-order valence-electron chi connectivity index (χ2n) is 2.54. The Morgan fingerprint density at radius 3 is 2.12 bits per heavy atom. The molecule has 0 saturated heterocycles. The molecule has 1 aromatic heterocycles. The van der Waals surface area contributed by atoms with Crippen molar-refractivity contribution in [3.05, 3.63) is 16.4 Å². The minimum atomic E-state index is -0.919. The number of aryl methyl sites for hydroxylation is 1. The fourth-order valence-corrected chi connectivity index (χ4v) is 1.09. The van der Waals surface area contributed by atoms with Crippen molar-refractivity contribution in [3.8, 4) is 0 Å². The Morgan fingerprint density at radius 1 is 1.44 bits per heavy atom. The summed E-state index contributed by atoms with van der Waals surface area (Å²) in [5, 5.41) is 20.0. The molecule has 92 valence electrons. The van der Waals surface area contributed by atoms with Crippen molar-refractivity contribution < 1.29 is 19.8 Å². The van der Waals surface area contributed by atoms with E-state index in [1.807, 2.05) is 6.79 Å². The van der Waals surface area contributed by atoms with Gasteiger partial charge in [0.25, 0.3) is 0 Å². The van der Waals surface area contributed by atoms with Gasteiger partial charge in [0.05, 0.1) is 16.4 Å². The number of aliphatic hydroxyl groups excluding tert-OH is 1. The largest absolute Gasteiger partial charge is 0.480 e. The van der Waals surface area contributed by atoms with Crippen LogP contribution in [0.1, 0.15) is 11.4 Å². The van der Waals surface area contributed by atoms with E-state index < -0.39 is 5.97 Å². The average molecular weight is 251 g/mol. The van der Waals surface area contributed by atoms with E-state index in [1.54, 1.807) is 13.8 Å². The Balaban J connectivity index is 0. The molecule has 7 heteroatoms. The molecule has 0 aliphatic carbocycles. The Labute approximate surface area is 98.5 Å². The number of halogens is 1. The van der Waals surface area contributed by atoms with E-state index in [2.05, 4.69) is 5.10 Å². The number of aliphatic carboxylic acids is 1. The van der Waals surface area contributed by atoms with Crippen molar-refractivity contribution in [3.63, 3.8) is 0 Å². The monoisotopic (exact) mass is 250 g/mol. The first kappa shape index (κ1) is 17.0. The van der Waals surface area contributed by atoms with Gasteiger partial charge in [-0.2, -0.15) is 5.10 Å². The van der Waals surface area contributed by atoms with Crippen LogP contribution in [0.4, 0.5) is 0 Å². The van der Waals surface area contributed by atoms with Crippen LogP contribution in [0.3, 0.4) is 0 Å². The van der Waals surface area contributed by atoms with Gasteiger partial charge in [-0.25, -0.2) is 0 Å². The predicted molar refractivity (Wildman–Crippen MR) is 59.6 cm³/mol. The molecule has 2 N–H and O–H groups in total. The number of carboxylic acids is 1. The Kier molecular flexibility index (Phi) is 9.43. The zero-order valence-corrected chi connectivity index (χ0v) is 10.2. The molecule has 1 aromatic rings. The van der Waals surface area contributed by atoms with Crippen molar-refractivity contribution in [2.45, 2.75) is 20.4 Å². The molecule has 0 amide bonds. The first-order valence-corrected chi connectivity index (χ1v) is 4.55. The van der Waals surface area contributed by atoms with Crippen LogP contribution in [0.5, 0.6) is 0 Å². The van der Waals surface area contributed by atoms with E-state index in [0.29, 0.717) is 16.4 Å². The Hall–Kier alpha value is -1.40. The van der Waals surface area contributed by atoms with Gasteiger partial charge < -0.3 is 15.0 Å². The molecule has 16 heavy (non-hydrogen) atoms. The second kappa shape index (κ2) is 8.87. The van der Waals surface area contributed by atoms with Crippen LogP contribution in [0.25, 0.3) is 0 Å². The lowest BCUT2D eigenvalue weighted by Crippen LogP contribution is -2.11. The number of rotatable bonds is 2. The minimum Gasteiger partial charge on any atom is -0.480 e. The zero-order valence-electron chi connectivity index (χ0n) is 9.40. The van der Waals surface area contributed by atoms with E-state index in [1.165, 1.54) is 4.68 Å². The van der Waals surface area contributed by atoms with Gasteiger partial charge in [0.2, 0.25) is 0 Å². The van der Waals surface area contributed by atoms with Gasteiger partial charge in [0.1, 0.15) is 13.3 Å². The molecule has 6 nitrogen and oxygen atoms in total. The van der Waals surface area contributed by atoms with Gasteiger partial charge >= 0.3 is 5.97 Å². The number of carbonyl (C=O) groups excluding carboxylic acids is 1. The van der Waals surface area contributed by atoms with E-state index in [4.69, 9.17) is 26.6 Å². The molecule has 0 spiro atoms. The van der Waals surface area contributed by atoms with Crippen LogP contribution in [0.15, 0.2) is 0 Å². The van der Waals surface area contributed by atoms with Crippen molar-refractivity contribution in [1.29, 1.82) is 0 Å². The van der Waals surface area contributed by atoms with Crippen molar-refractivity contribution in [1.82, 2.24) is 9.78 Å². The summed E-state index contributed by atoms with van der Waals surface area (Å²) in [6.45, 7) is 5.35. The van der Waals surface area contributed by atoms with Crippen molar-refractivity contribution in [2.24, 2.45) is 0 Å². The smallest absolute Gasteiger partial charge is 0.325 e. The molecule has 0 saturated carbocycles. The molecule has 0 bridgehead atoms. The molecule has 0 radical (unpaired) electrons. The molecule has 1 rings (SSSR count). The molecule has 0 aromatic carbocycles. The third-order valence-electron chi connectivity index (χ3n) is 1.58. The topological polar surface area (TPSA) is 92.4 Å². The van der Waals surface area contributed by atoms with Crippen LogP contribution in [-0.2, 0) is 16.1 Å². The maximum Gasteiger partial charge on any atom is 0.325 e. The highest BCUT2D eigenvalue weighted by atomic mass is 35.5. The highest BCUT2D eigenvalue weighted by molar-refractivity contribution is 6.31. The van der Waals surface area contributed by atoms with Gasteiger partial charge in [-0.1, -0.05) is 11.6 Å². The fourth-order valence-electron chi connectivity index (χ4n) is 0.957. The highest BCUT2D eigenvalue weighted by Crippen LogP contribution is 2.18. The third kappa shape index (κ3) is 4.90. The molecule has 0 aliphatic heterocycles. The molecule has 0 atom stereocenters. The standard InChI is InChI=1S/C7H9ClN2O2.CH4O.CH2O/c1-4-7(8)5(2)10(9-4)3-6(11)12;2*1-2/h3H2,1-2H3,(H,11,12);2H,1H3;1H2. The first-order chi connectivity index (χ1) is 7.52. The van der Waals surface area contributed by atoms with Crippen LogP contribution in [0.2, 0.25) is 5.02 Å². The molecule has 1 heterocycles. The SMILES string of the molecule is C=O.CO.Cc1nn(CC(=O)O)c(C)c1Cl. The van der Waals surface area contributed by atoms with Gasteiger partial charge in [-0.15, -0.1) is 0 Å². The summed E-state index contributed by atoms with van der Waals surface area (Å²) in [4.78, 5) is 18.3. The van der Waals surface area contributed by atoms with Crippen LogP contribution >= 0.6 is 11.6 Å². The maximum atomic E-state index is 10.3. The average Bonchev–Trinajstić information content (AvgIpc) is 2.51. The number of aliphatic hydroxyl groups is 1. The number of hydrogen-bond acceptors (Lipinski definition) is 4. The summed E-state index contributed by atoms with van der Waals surface area (Å²) in [7, 11) is 1.00. The van der Waals surface area contributed by atoms with E-state index in [0.717, 1.165) is 7.11 Å². The summed E-state index contributed by atoms with van der Waals surface area (Å²) in [6.07, 6.45) is 0. The molecule has 0 fully saturated rings. The summed E-state index contributed by atoms with van der Waals surface area (Å²) in [5.41, 5.74) is 1.35. The zero-order chi connectivity index (χ0) is 13.3. The van der Waals surface area contributed by atoms with E-state index in [9.17, 15) is 4.79 Å². The third-order valence-corrected chi connectivity index (χ3v) is 2.13. The molecular weight excluding hydrogens is 236 g/mol. The minimum absolute atomic E-state index is 0.139. The number of carboxylic acid groups (broad SMARTS) is 1. The van der Waals surface area contributed by atoms with Gasteiger partial charge in [0.15, 0.2) is 0 Å². The lowest BCUT2D eigenvalue weighted by atomic mass is 10.4. The van der Waals surface area contributed by atoms with Crippen LogP contribution in [-0.4, -0.2) is 39.9 Å². The van der Waals surface area contributed by atoms with E-state index in [-0.39, 0.29) is 6.54 Å². The van der Waals surface area contributed by atoms with Gasteiger partial charge in [-0.05, 0) is 13.8 Å². The number of carbonyl (C=O) groups is 2. The first-order valence-electron chi connectivity index (χ1n) is 4.17. The quantitative estimate of drug-likeness (QED) is 0.805. The summed E-state index contributed by atoms with van der Waals surface area (Å²) in [5.74, 6) is -0.919. The van der Waals surface area contributed by atoms with Crippen molar-refractivity contribution >= 4 is 24.4 Å². The highest BCUT2D eigenvalue weighted by Gasteiger charge is 2.10. The normalized spacial score (nSPS) is 8.31. The summed E-state index contributed by atoms with van der Waals surface area (Å²) in [6, 6.07) is 0.